The molecule has 0 bridgehead atoms. The molecule has 3 rings (SSSR count). The van der Waals surface area contributed by atoms with Crippen molar-refractivity contribution < 1.29 is 14.4 Å². The molecule has 5 nitrogen and oxygen atoms in total. The molecule has 3 amide bonds. The second-order valence-electron chi connectivity index (χ2n) is 7.46. The summed E-state index contributed by atoms with van der Waals surface area (Å²) in [6, 6.07) is -0.402. The van der Waals surface area contributed by atoms with E-state index < -0.39 is 6.04 Å². The number of carbonyl (C=O) groups excluding carboxylic acids is 3. The Balaban J connectivity index is 1.71. The predicted molar refractivity (Wildman–Crippen MR) is 86.4 cm³/mol. The molecule has 23 heavy (non-hydrogen) atoms. The van der Waals surface area contributed by atoms with Crippen molar-refractivity contribution in [1.82, 2.24) is 9.80 Å². The van der Waals surface area contributed by atoms with E-state index in [9.17, 15) is 14.4 Å². The van der Waals surface area contributed by atoms with Gasteiger partial charge in [-0.05, 0) is 32.6 Å². The van der Waals surface area contributed by atoms with Crippen LogP contribution in [0.15, 0.2) is 0 Å². The van der Waals surface area contributed by atoms with Crippen LogP contribution in [0, 0.1) is 11.8 Å². The van der Waals surface area contributed by atoms with Gasteiger partial charge in [0.2, 0.25) is 17.7 Å². The quantitative estimate of drug-likeness (QED) is 0.750. The fraction of sp³-hybridized carbons (Fsp3) is 0.833. The highest BCUT2D eigenvalue weighted by Crippen LogP contribution is 2.39. The summed E-state index contributed by atoms with van der Waals surface area (Å²) in [6.07, 6.45) is 9.22. The maximum atomic E-state index is 12.8. The maximum absolute atomic E-state index is 12.8. The van der Waals surface area contributed by atoms with Crippen LogP contribution < -0.4 is 0 Å². The van der Waals surface area contributed by atoms with Crippen LogP contribution in [0.2, 0.25) is 0 Å². The minimum Gasteiger partial charge on any atom is -0.341 e. The molecule has 0 N–H and O–H groups in total. The molecule has 2 saturated carbocycles. The number of imide groups is 1. The Kier molecular flexibility index (Phi) is 4.74. The number of likely N-dealkylation sites (N-methyl/N-ethyl adjacent to an activating group) is 1. The van der Waals surface area contributed by atoms with Gasteiger partial charge in [0.05, 0.1) is 11.8 Å². The minimum atomic E-state index is -0.660. The molecule has 0 aromatic heterocycles. The third-order valence-electron chi connectivity index (χ3n) is 6.09. The van der Waals surface area contributed by atoms with Crippen molar-refractivity contribution in [3.05, 3.63) is 0 Å². The Bertz CT molecular complexity index is 474. The Morgan fingerprint density at radius 2 is 1.43 bits per heavy atom. The summed E-state index contributed by atoms with van der Waals surface area (Å²) >= 11 is 0. The van der Waals surface area contributed by atoms with Gasteiger partial charge < -0.3 is 4.90 Å². The molecular weight excluding hydrogens is 292 g/mol. The average Bonchev–Trinajstić information content (AvgIpc) is 2.85. The number of hydrogen-bond acceptors (Lipinski definition) is 3. The Morgan fingerprint density at radius 3 is 1.96 bits per heavy atom. The van der Waals surface area contributed by atoms with E-state index in [1.165, 1.54) is 11.3 Å². The molecule has 0 unspecified atom stereocenters. The Morgan fingerprint density at radius 1 is 0.957 bits per heavy atom. The fourth-order valence-corrected chi connectivity index (χ4v) is 4.62. The van der Waals surface area contributed by atoms with E-state index in [4.69, 9.17) is 0 Å². The number of amides is 3. The number of nitrogens with zero attached hydrogens (tertiary/aromatic N) is 2. The van der Waals surface area contributed by atoms with E-state index in [1.54, 1.807) is 11.8 Å². The lowest BCUT2D eigenvalue weighted by atomic mass is 9.81. The highest BCUT2D eigenvalue weighted by Gasteiger charge is 2.51. The molecule has 3 aliphatic rings. The van der Waals surface area contributed by atoms with E-state index in [0.29, 0.717) is 0 Å². The SMILES string of the molecule is C[C@@H](C(=O)N(C)C1CCCCC1)N1C(=O)[C@@H]2CCCC[C@H]2C1=O. The minimum absolute atomic E-state index is 0.0859. The molecule has 0 aromatic carbocycles. The summed E-state index contributed by atoms with van der Waals surface area (Å²) in [7, 11) is 1.83. The zero-order valence-electron chi connectivity index (χ0n) is 14.3. The maximum Gasteiger partial charge on any atom is 0.245 e. The van der Waals surface area contributed by atoms with Crippen LogP contribution in [-0.2, 0) is 14.4 Å². The first-order valence-corrected chi connectivity index (χ1v) is 9.16. The van der Waals surface area contributed by atoms with Gasteiger partial charge in [0.15, 0.2) is 0 Å². The summed E-state index contributed by atoms with van der Waals surface area (Å²) < 4.78 is 0. The van der Waals surface area contributed by atoms with Crippen molar-refractivity contribution in [1.29, 1.82) is 0 Å². The normalized spacial score (nSPS) is 30.3. The van der Waals surface area contributed by atoms with Gasteiger partial charge in [0.25, 0.3) is 0 Å². The highest BCUT2D eigenvalue weighted by atomic mass is 16.2. The smallest absolute Gasteiger partial charge is 0.245 e. The molecule has 0 spiro atoms. The zero-order valence-corrected chi connectivity index (χ0v) is 14.3. The molecule has 1 aliphatic heterocycles. The topological polar surface area (TPSA) is 57.7 Å². The molecule has 3 atom stereocenters. The van der Waals surface area contributed by atoms with Gasteiger partial charge in [0, 0.05) is 13.1 Å². The van der Waals surface area contributed by atoms with E-state index >= 15 is 0 Å². The van der Waals surface area contributed by atoms with Crippen molar-refractivity contribution in [3.8, 4) is 0 Å². The first kappa shape index (κ1) is 16.5. The summed E-state index contributed by atoms with van der Waals surface area (Å²) in [5.74, 6) is -0.662. The number of likely N-dealkylation sites (tertiary alicyclic amines) is 1. The van der Waals surface area contributed by atoms with Gasteiger partial charge in [-0.15, -0.1) is 0 Å². The molecule has 3 fully saturated rings. The van der Waals surface area contributed by atoms with Crippen molar-refractivity contribution in [2.24, 2.45) is 11.8 Å². The summed E-state index contributed by atoms with van der Waals surface area (Å²) in [5, 5.41) is 0. The van der Waals surface area contributed by atoms with Crippen LogP contribution in [0.25, 0.3) is 0 Å². The molecule has 128 valence electrons. The summed E-state index contributed by atoms with van der Waals surface area (Å²) in [4.78, 5) is 41.1. The molecule has 2 aliphatic carbocycles. The van der Waals surface area contributed by atoms with Crippen molar-refractivity contribution in [2.45, 2.75) is 76.8 Å². The van der Waals surface area contributed by atoms with Crippen LogP contribution >= 0.6 is 0 Å². The predicted octanol–water partition coefficient (Wildman–Crippen LogP) is 2.34. The highest BCUT2D eigenvalue weighted by molar-refractivity contribution is 6.08. The first-order valence-electron chi connectivity index (χ1n) is 9.16. The van der Waals surface area contributed by atoms with Gasteiger partial charge in [-0.3, -0.25) is 19.3 Å². The molecular formula is C18H28N2O3. The van der Waals surface area contributed by atoms with E-state index in [-0.39, 0.29) is 35.6 Å². The first-order chi connectivity index (χ1) is 11.0. The van der Waals surface area contributed by atoms with Crippen LogP contribution in [0.5, 0.6) is 0 Å². The van der Waals surface area contributed by atoms with E-state index in [0.717, 1.165) is 51.4 Å². The van der Waals surface area contributed by atoms with Gasteiger partial charge >= 0.3 is 0 Å². The number of carbonyl (C=O) groups is 3. The Hall–Kier alpha value is -1.39. The summed E-state index contributed by atoms with van der Waals surface area (Å²) in [6.45, 7) is 1.72. The monoisotopic (exact) mass is 320 g/mol. The lowest BCUT2D eigenvalue weighted by molar-refractivity contribution is -0.151. The Labute approximate surface area is 138 Å². The van der Waals surface area contributed by atoms with Crippen molar-refractivity contribution >= 4 is 17.7 Å². The summed E-state index contributed by atoms with van der Waals surface area (Å²) in [5.41, 5.74) is 0. The van der Waals surface area contributed by atoms with Gasteiger partial charge in [-0.25, -0.2) is 0 Å². The molecule has 5 heteroatoms. The van der Waals surface area contributed by atoms with E-state index in [1.807, 2.05) is 7.05 Å². The second kappa shape index (κ2) is 6.62. The lowest BCUT2D eigenvalue weighted by Crippen LogP contribution is -2.51. The molecule has 0 radical (unpaired) electrons. The second-order valence-corrected chi connectivity index (χ2v) is 7.46. The van der Waals surface area contributed by atoms with Crippen LogP contribution in [0.4, 0.5) is 0 Å². The van der Waals surface area contributed by atoms with Gasteiger partial charge in [0.1, 0.15) is 6.04 Å². The van der Waals surface area contributed by atoms with E-state index in [2.05, 4.69) is 0 Å². The molecule has 0 aromatic rings. The van der Waals surface area contributed by atoms with Gasteiger partial charge in [-0.1, -0.05) is 32.1 Å². The fourth-order valence-electron chi connectivity index (χ4n) is 4.62. The van der Waals surface area contributed by atoms with Crippen molar-refractivity contribution in [3.63, 3.8) is 0 Å². The van der Waals surface area contributed by atoms with Crippen molar-refractivity contribution in [2.75, 3.05) is 7.05 Å². The average molecular weight is 320 g/mol. The van der Waals surface area contributed by atoms with Crippen LogP contribution in [0.3, 0.4) is 0 Å². The molecule has 1 saturated heterocycles. The largest absolute Gasteiger partial charge is 0.341 e. The zero-order chi connectivity index (χ0) is 16.6. The van der Waals surface area contributed by atoms with Gasteiger partial charge in [-0.2, -0.15) is 0 Å². The van der Waals surface area contributed by atoms with Crippen LogP contribution in [-0.4, -0.2) is 46.7 Å². The third-order valence-corrected chi connectivity index (χ3v) is 6.09. The van der Waals surface area contributed by atoms with Crippen LogP contribution in [0.1, 0.15) is 64.7 Å². The lowest BCUT2D eigenvalue weighted by Gasteiger charge is -2.34. The number of hydrogen-bond donors (Lipinski definition) is 0. The third kappa shape index (κ3) is 2.90. The standard InChI is InChI=1S/C18H28N2O3/c1-12(16(21)19(2)13-8-4-3-5-9-13)20-17(22)14-10-6-7-11-15(14)18(20)23/h12-15H,3-11H2,1-2H3/t12-,14+,15+/m0/s1. The number of rotatable bonds is 3. The molecule has 1 heterocycles. The number of fused-ring (bicyclic) bond motifs is 1.